The number of hydrogen-bond acceptors (Lipinski definition) is 11. The molecule has 0 aromatic heterocycles. The predicted molar refractivity (Wildman–Crippen MR) is 184 cm³/mol. The van der Waals surface area contributed by atoms with Crippen molar-refractivity contribution in [2.24, 2.45) is 23.7 Å². The maximum atomic E-state index is 11.8. The smallest absolute Gasteiger partial charge is 0.259 e. The van der Waals surface area contributed by atoms with Crippen LogP contribution < -0.4 is 10.6 Å². The number of aliphatic hydroxyl groups is 1. The van der Waals surface area contributed by atoms with Gasteiger partial charge in [0.25, 0.3) is 8.53 Å². The Balaban J connectivity index is 0.000000219. The summed E-state index contributed by atoms with van der Waals surface area (Å²) in [7, 11) is -1.27. The molecule has 11 atom stereocenters. The first-order chi connectivity index (χ1) is 23.3. The average Bonchev–Trinajstić information content (AvgIpc) is 3.80. The Bertz CT molecular complexity index is 1270. The first kappa shape index (κ1) is 37.9. The standard InChI is InChI=1S/C22H37N4O4P.C13H20N2O3/c1-14(2)26(15(3)4)31(28-9-7-8-23)30-19-10-16(5)21-18(19)11-20(29-21)25-12-17(6)22(27)24-13-25;1-7-3-10(16)9-4-11(18-12(7)9)15-5-8(2)13(17)14-6-15/h12,14-16,18-21H,7,9-11,13H2,1-6H3,(H,24,27);5,7,9-12,16H,3-4,6H2,1-2H3,(H,14,17)/t16-,18+,19-,20-,21-,31?;7-,9+,10-,11-,12-/m11/s1. The molecule has 14 heteroatoms. The van der Waals surface area contributed by atoms with Gasteiger partial charge in [-0.15, -0.1) is 0 Å². The Morgan fingerprint density at radius 2 is 1.43 bits per heavy atom. The minimum Gasteiger partial charge on any atom is -0.393 e. The van der Waals surface area contributed by atoms with E-state index in [0.717, 1.165) is 25.7 Å². The quantitative estimate of drug-likeness (QED) is 0.223. The van der Waals surface area contributed by atoms with Crippen LogP contribution in [0.3, 0.4) is 0 Å². The van der Waals surface area contributed by atoms with Crippen LogP contribution >= 0.6 is 8.53 Å². The van der Waals surface area contributed by atoms with Gasteiger partial charge in [0.1, 0.15) is 12.5 Å². The molecule has 0 aromatic carbocycles. The van der Waals surface area contributed by atoms with E-state index >= 15 is 0 Å². The van der Waals surface area contributed by atoms with Gasteiger partial charge in [0.2, 0.25) is 11.8 Å². The van der Waals surface area contributed by atoms with Crippen LogP contribution in [-0.2, 0) is 28.1 Å². The third kappa shape index (κ3) is 8.61. The van der Waals surface area contributed by atoms with Crippen molar-refractivity contribution >= 4 is 20.3 Å². The highest BCUT2D eigenvalue weighted by Gasteiger charge is 2.52. The van der Waals surface area contributed by atoms with E-state index in [1.54, 1.807) is 6.92 Å². The van der Waals surface area contributed by atoms with E-state index in [4.69, 9.17) is 23.8 Å². The molecule has 1 unspecified atom stereocenters. The Labute approximate surface area is 293 Å². The highest BCUT2D eigenvalue weighted by Crippen LogP contribution is 2.53. The molecule has 0 radical (unpaired) electrons. The Morgan fingerprint density at radius 1 is 0.918 bits per heavy atom. The van der Waals surface area contributed by atoms with Crippen molar-refractivity contribution in [1.82, 2.24) is 25.1 Å². The highest BCUT2D eigenvalue weighted by atomic mass is 31.2. The number of ether oxygens (including phenoxy) is 2. The zero-order chi connectivity index (χ0) is 35.6. The van der Waals surface area contributed by atoms with E-state index in [1.165, 1.54) is 0 Å². The lowest BCUT2D eigenvalue weighted by atomic mass is 10.00. The molecule has 0 spiro atoms. The summed E-state index contributed by atoms with van der Waals surface area (Å²) in [5.41, 5.74) is 1.40. The third-order valence-corrected chi connectivity index (χ3v) is 12.8. The number of nitrogens with zero attached hydrogens (tertiary/aromatic N) is 4. The second kappa shape index (κ2) is 16.4. The molecule has 4 aliphatic heterocycles. The van der Waals surface area contributed by atoms with Crippen molar-refractivity contribution in [3.05, 3.63) is 23.5 Å². The lowest BCUT2D eigenvalue weighted by Crippen LogP contribution is -2.45. The molecule has 2 saturated carbocycles. The van der Waals surface area contributed by atoms with E-state index in [-0.39, 0.29) is 72.6 Å². The number of hydrogen-bond donors (Lipinski definition) is 3. The van der Waals surface area contributed by atoms with Crippen LogP contribution in [0.15, 0.2) is 23.5 Å². The number of aliphatic hydroxyl groups excluding tert-OH is 1. The van der Waals surface area contributed by atoms with Crippen LogP contribution in [0, 0.1) is 35.0 Å². The molecule has 6 rings (SSSR count). The third-order valence-electron chi connectivity index (χ3n) is 10.6. The minimum absolute atomic E-state index is 0.0159. The van der Waals surface area contributed by atoms with Crippen molar-refractivity contribution in [2.45, 2.75) is 136 Å². The predicted octanol–water partition coefficient (Wildman–Crippen LogP) is 4.12. The van der Waals surface area contributed by atoms with Gasteiger partial charge in [0.05, 0.1) is 56.9 Å². The molecular formula is C35H57N6O7P. The van der Waals surface area contributed by atoms with E-state index in [9.17, 15) is 14.7 Å². The summed E-state index contributed by atoms with van der Waals surface area (Å²) in [5.74, 6) is 1.31. The summed E-state index contributed by atoms with van der Waals surface area (Å²) in [4.78, 5) is 27.2. The maximum absolute atomic E-state index is 11.8. The van der Waals surface area contributed by atoms with Crippen LogP contribution in [0.1, 0.15) is 87.5 Å². The number of carbonyl (C=O) groups is 2. The van der Waals surface area contributed by atoms with Gasteiger partial charge < -0.3 is 44.1 Å². The molecule has 4 fully saturated rings. The number of carbonyl (C=O) groups excluding carboxylic acids is 2. The highest BCUT2D eigenvalue weighted by molar-refractivity contribution is 7.44. The maximum Gasteiger partial charge on any atom is 0.259 e. The van der Waals surface area contributed by atoms with Gasteiger partial charge in [0, 0.05) is 60.3 Å². The zero-order valence-corrected chi connectivity index (χ0v) is 31.3. The van der Waals surface area contributed by atoms with Gasteiger partial charge in [-0.05, 0) is 66.2 Å². The SMILES string of the molecule is CC1=CN([C@H]2C[C@@H]3[C@H](O2)[C@H](C)C[C@H]3O)CNC1=O.CC1=CN([C@H]2C[C@@H]3[C@H](O2)[C@H](C)C[C@H]3OP(OCCC#N)N(C(C)C)C(C)C)CNC1=O. The van der Waals surface area contributed by atoms with E-state index in [0.29, 0.717) is 49.3 Å². The van der Waals surface area contributed by atoms with Crippen molar-refractivity contribution in [1.29, 1.82) is 5.26 Å². The summed E-state index contributed by atoms with van der Waals surface area (Å²) < 4.78 is 27.6. The van der Waals surface area contributed by atoms with Gasteiger partial charge in [-0.2, -0.15) is 5.26 Å². The molecule has 0 bridgehead atoms. The lowest BCUT2D eigenvalue weighted by molar-refractivity contribution is -0.121. The number of nitriles is 1. The Kier molecular flexibility index (Phi) is 12.7. The molecule has 3 N–H and O–H groups in total. The normalized spacial score (nSPS) is 36.1. The fourth-order valence-electron chi connectivity index (χ4n) is 8.27. The largest absolute Gasteiger partial charge is 0.393 e. The van der Waals surface area contributed by atoms with Crippen LogP contribution in [0.2, 0.25) is 0 Å². The van der Waals surface area contributed by atoms with Crippen LogP contribution in [0.5, 0.6) is 0 Å². The molecule has 6 aliphatic rings. The van der Waals surface area contributed by atoms with Crippen molar-refractivity contribution < 1.29 is 33.2 Å². The number of fused-ring (bicyclic) bond motifs is 2. The molecule has 274 valence electrons. The summed E-state index contributed by atoms with van der Waals surface area (Å²) in [6, 6.07) is 2.71. The van der Waals surface area contributed by atoms with Gasteiger partial charge in [-0.25, -0.2) is 4.67 Å². The molecular weight excluding hydrogens is 647 g/mol. The zero-order valence-electron chi connectivity index (χ0n) is 30.4. The number of rotatable bonds is 10. The fourth-order valence-corrected chi connectivity index (χ4v) is 10.0. The number of amides is 2. The van der Waals surface area contributed by atoms with E-state index < -0.39 is 8.53 Å². The molecule has 2 saturated heterocycles. The molecule has 2 aliphatic carbocycles. The molecule has 4 heterocycles. The molecule has 13 nitrogen and oxygen atoms in total. The summed E-state index contributed by atoms with van der Waals surface area (Å²) in [5, 5.41) is 24.7. The van der Waals surface area contributed by atoms with Gasteiger partial charge in [0.15, 0.2) is 0 Å². The van der Waals surface area contributed by atoms with Crippen molar-refractivity contribution in [2.75, 3.05) is 19.9 Å². The monoisotopic (exact) mass is 704 g/mol. The van der Waals surface area contributed by atoms with Gasteiger partial charge in [-0.3, -0.25) is 9.59 Å². The van der Waals surface area contributed by atoms with Crippen LogP contribution in [0.4, 0.5) is 0 Å². The summed E-state index contributed by atoms with van der Waals surface area (Å²) in [6.45, 7) is 17.9. The van der Waals surface area contributed by atoms with E-state index in [1.807, 2.05) is 24.2 Å². The minimum atomic E-state index is -1.27. The lowest BCUT2D eigenvalue weighted by Gasteiger charge is -2.37. The summed E-state index contributed by atoms with van der Waals surface area (Å²) >= 11 is 0. The Hall–Kier alpha value is -2.30. The van der Waals surface area contributed by atoms with Gasteiger partial charge in [-0.1, -0.05) is 13.8 Å². The van der Waals surface area contributed by atoms with Crippen molar-refractivity contribution in [3.63, 3.8) is 0 Å². The second-order valence-corrected chi connectivity index (χ2v) is 16.5. The van der Waals surface area contributed by atoms with Gasteiger partial charge >= 0.3 is 0 Å². The molecule has 0 aromatic rings. The van der Waals surface area contributed by atoms with Crippen LogP contribution in [-0.4, -0.2) is 100 Å². The molecule has 2 amide bonds. The summed E-state index contributed by atoms with van der Waals surface area (Å²) in [6.07, 6.45) is 7.67. The first-order valence-electron chi connectivity index (χ1n) is 18.0. The first-order valence-corrected chi connectivity index (χ1v) is 19.1. The molecule has 49 heavy (non-hydrogen) atoms. The van der Waals surface area contributed by atoms with Crippen molar-refractivity contribution in [3.8, 4) is 6.07 Å². The van der Waals surface area contributed by atoms with E-state index in [2.05, 4.69) is 67.8 Å². The fraction of sp³-hybridized carbons (Fsp3) is 0.800. The Morgan fingerprint density at radius 3 is 1.92 bits per heavy atom. The van der Waals surface area contributed by atoms with Crippen LogP contribution in [0.25, 0.3) is 0 Å². The number of nitrogens with one attached hydrogen (secondary N) is 2. The topological polar surface area (TPSA) is 149 Å². The second-order valence-electron chi connectivity index (χ2n) is 15.1. The average molecular weight is 705 g/mol.